The third-order valence-electron chi connectivity index (χ3n) is 5.91. The molecule has 0 unspecified atom stereocenters. The van der Waals surface area contributed by atoms with Gasteiger partial charge in [0.1, 0.15) is 0 Å². The third-order valence-corrected chi connectivity index (χ3v) is 7.93. The van der Waals surface area contributed by atoms with Crippen LogP contribution in [0.4, 0.5) is 5.69 Å². The number of aliphatic imine (C=N–C) groups is 1. The van der Waals surface area contributed by atoms with E-state index in [4.69, 9.17) is 10.7 Å². The Balaban J connectivity index is 1.70. The number of thioether (sulfide) groups is 1. The van der Waals surface area contributed by atoms with Gasteiger partial charge in [0.25, 0.3) is 0 Å². The second-order valence-corrected chi connectivity index (χ2v) is 10.9. The zero-order valence-corrected chi connectivity index (χ0v) is 19.7. The van der Waals surface area contributed by atoms with E-state index in [1.165, 1.54) is 22.2 Å². The largest absolute Gasteiger partial charge is 0.369 e. The smallest absolute Gasteiger partial charge is 0.225 e. The minimum Gasteiger partial charge on any atom is -0.369 e. The maximum absolute atomic E-state index is 13.4. The molecule has 2 aliphatic heterocycles. The van der Waals surface area contributed by atoms with Crippen LogP contribution in [0.1, 0.15) is 47.0 Å². The summed E-state index contributed by atoms with van der Waals surface area (Å²) in [7, 11) is 0. The van der Waals surface area contributed by atoms with Crippen molar-refractivity contribution in [2.45, 2.75) is 26.2 Å². The number of carbonyl (C=O) groups excluding carboxylic acids is 1. The zero-order chi connectivity index (χ0) is 22.3. The first kappa shape index (κ1) is 21.0. The van der Waals surface area contributed by atoms with E-state index in [2.05, 4.69) is 42.3 Å². The molecule has 0 fully saturated rings. The molecule has 3 aromatic rings. The van der Waals surface area contributed by atoms with Crippen LogP contribution in [0, 0.1) is 5.41 Å². The summed E-state index contributed by atoms with van der Waals surface area (Å²) in [6.45, 7) is 5.23. The summed E-state index contributed by atoms with van der Waals surface area (Å²) in [5, 5.41) is 3.10. The summed E-state index contributed by atoms with van der Waals surface area (Å²) in [5.74, 6) is 0.458. The molecule has 6 heteroatoms. The number of allylic oxidation sites excluding steroid dienone is 1. The Labute approximate surface area is 196 Å². The van der Waals surface area contributed by atoms with Gasteiger partial charge in [-0.2, -0.15) is 0 Å². The maximum Gasteiger partial charge on any atom is 0.225 e. The molecule has 2 aromatic carbocycles. The van der Waals surface area contributed by atoms with Gasteiger partial charge in [0.05, 0.1) is 10.7 Å². The SMILES string of the molecule is CC1(C)CC2=C(SC(=O)c3ccccc3[C@@H]2c2cccs2)N(C(N)=Nc2ccccc2)C1. The van der Waals surface area contributed by atoms with Gasteiger partial charge in [-0.3, -0.25) is 4.79 Å². The lowest BCUT2D eigenvalue weighted by molar-refractivity contribution is 0.108. The van der Waals surface area contributed by atoms with Crippen LogP contribution >= 0.6 is 23.1 Å². The van der Waals surface area contributed by atoms with Crippen LogP contribution in [0.15, 0.2) is 87.7 Å². The Morgan fingerprint density at radius 2 is 1.81 bits per heavy atom. The highest BCUT2D eigenvalue weighted by atomic mass is 32.2. The lowest BCUT2D eigenvalue weighted by atomic mass is 9.75. The van der Waals surface area contributed by atoms with Gasteiger partial charge in [-0.25, -0.2) is 4.99 Å². The molecular formula is C26H25N3OS2. The van der Waals surface area contributed by atoms with Crippen LogP contribution in [0.5, 0.6) is 0 Å². The average molecular weight is 460 g/mol. The van der Waals surface area contributed by atoms with E-state index in [1.807, 2.05) is 48.5 Å². The summed E-state index contributed by atoms with van der Waals surface area (Å²) < 4.78 is 0. The number of carbonyl (C=O) groups is 1. The number of thiophene rings is 1. The van der Waals surface area contributed by atoms with E-state index in [0.29, 0.717) is 12.5 Å². The monoisotopic (exact) mass is 459 g/mol. The molecule has 2 aliphatic rings. The molecule has 0 radical (unpaired) electrons. The molecule has 0 bridgehead atoms. The van der Waals surface area contributed by atoms with Gasteiger partial charge in [0, 0.05) is 22.9 Å². The molecule has 0 saturated heterocycles. The molecule has 4 nitrogen and oxygen atoms in total. The number of benzene rings is 2. The first-order valence-electron chi connectivity index (χ1n) is 10.7. The molecule has 32 heavy (non-hydrogen) atoms. The Kier molecular flexibility index (Phi) is 5.43. The molecule has 1 aromatic heterocycles. The van der Waals surface area contributed by atoms with Crippen molar-refractivity contribution >= 4 is 39.9 Å². The normalized spacial score (nSPS) is 20.6. The zero-order valence-electron chi connectivity index (χ0n) is 18.1. The van der Waals surface area contributed by atoms with Gasteiger partial charge in [0.15, 0.2) is 0 Å². The summed E-state index contributed by atoms with van der Waals surface area (Å²) >= 11 is 3.03. The number of hydrogen-bond acceptors (Lipinski definition) is 4. The standard InChI is InChI=1S/C26H25N3OS2/c1-26(2)15-20-22(21-13-8-14-31-21)18-11-6-7-12-19(18)24(30)32-23(20)29(16-26)25(27)28-17-9-4-3-5-10-17/h3-14,22H,15-16H2,1-2H3,(H2,27,28)/t22-/m0/s1. The van der Waals surface area contributed by atoms with Crippen LogP contribution in [0.3, 0.4) is 0 Å². The van der Waals surface area contributed by atoms with Crippen LogP contribution in [-0.2, 0) is 0 Å². The topological polar surface area (TPSA) is 58.7 Å². The Hall–Kier alpha value is -2.83. The van der Waals surface area contributed by atoms with Gasteiger partial charge >= 0.3 is 0 Å². The minimum absolute atomic E-state index is 0.0198. The van der Waals surface area contributed by atoms with Gasteiger partial charge in [-0.15, -0.1) is 11.3 Å². The number of nitrogens with two attached hydrogens (primary N) is 1. The lowest BCUT2D eigenvalue weighted by Gasteiger charge is -2.42. The second-order valence-electron chi connectivity index (χ2n) is 8.99. The number of fused-ring (bicyclic) bond motifs is 1. The molecule has 3 heterocycles. The quantitative estimate of drug-likeness (QED) is 0.358. The van der Waals surface area contributed by atoms with Gasteiger partial charge in [0.2, 0.25) is 11.1 Å². The van der Waals surface area contributed by atoms with Crippen molar-refractivity contribution in [3.8, 4) is 0 Å². The molecular weight excluding hydrogens is 434 g/mol. The Bertz CT molecular complexity index is 1210. The minimum atomic E-state index is -0.0198. The fourth-order valence-corrected chi connectivity index (χ4v) is 6.53. The second kappa shape index (κ2) is 8.26. The highest BCUT2D eigenvalue weighted by Crippen LogP contribution is 2.51. The van der Waals surface area contributed by atoms with Crippen LogP contribution in [-0.4, -0.2) is 22.5 Å². The van der Waals surface area contributed by atoms with Crippen LogP contribution in [0.25, 0.3) is 0 Å². The first-order valence-corrected chi connectivity index (χ1v) is 12.4. The molecule has 0 spiro atoms. The number of para-hydroxylation sites is 1. The van der Waals surface area contributed by atoms with E-state index in [0.717, 1.165) is 28.3 Å². The summed E-state index contributed by atoms with van der Waals surface area (Å²) in [4.78, 5) is 21.4. The Morgan fingerprint density at radius 1 is 1.06 bits per heavy atom. The fraction of sp³-hybridized carbons (Fsp3) is 0.231. The number of nitrogens with zero attached hydrogens (tertiary/aromatic N) is 2. The third kappa shape index (κ3) is 3.89. The maximum atomic E-state index is 13.4. The van der Waals surface area contributed by atoms with Crippen molar-refractivity contribution < 1.29 is 4.79 Å². The van der Waals surface area contributed by atoms with Crippen molar-refractivity contribution in [1.82, 2.24) is 4.90 Å². The van der Waals surface area contributed by atoms with Crippen molar-refractivity contribution in [1.29, 1.82) is 0 Å². The molecule has 0 aliphatic carbocycles. The lowest BCUT2D eigenvalue weighted by Crippen LogP contribution is -2.45. The van der Waals surface area contributed by atoms with E-state index in [1.54, 1.807) is 11.3 Å². The summed E-state index contributed by atoms with van der Waals surface area (Å²) in [5.41, 5.74) is 10.5. The van der Waals surface area contributed by atoms with E-state index in [9.17, 15) is 4.79 Å². The first-order chi connectivity index (χ1) is 15.4. The van der Waals surface area contributed by atoms with Crippen molar-refractivity contribution in [3.05, 3.63) is 98.7 Å². The number of guanidine groups is 1. The van der Waals surface area contributed by atoms with E-state index >= 15 is 0 Å². The summed E-state index contributed by atoms with van der Waals surface area (Å²) in [6.07, 6.45) is 0.897. The van der Waals surface area contributed by atoms with Gasteiger partial charge in [-0.1, -0.05) is 62.4 Å². The molecule has 2 N–H and O–H groups in total. The highest BCUT2D eigenvalue weighted by Gasteiger charge is 2.41. The average Bonchev–Trinajstić information content (AvgIpc) is 3.26. The number of hydrogen-bond donors (Lipinski definition) is 1. The molecule has 1 atom stereocenters. The van der Waals surface area contributed by atoms with Crippen LogP contribution < -0.4 is 5.73 Å². The van der Waals surface area contributed by atoms with Crippen molar-refractivity contribution in [2.24, 2.45) is 16.1 Å². The molecule has 5 rings (SSSR count). The summed E-state index contributed by atoms with van der Waals surface area (Å²) in [6, 6.07) is 22.0. The predicted molar refractivity (Wildman–Crippen MR) is 134 cm³/mol. The Morgan fingerprint density at radius 3 is 2.56 bits per heavy atom. The molecule has 0 amide bonds. The van der Waals surface area contributed by atoms with Crippen molar-refractivity contribution in [2.75, 3.05) is 6.54 Å². The fourth-order valence-electron chi connectivity index (χ4n) is 4.59. The van der Waals surface area contributed by atoms with Gasteiger partial charge < -0.3 is 10.6 Å². The molecule has 0 saturated carbocycles. The number of rotatable bonds is 2. The highest BCUT2D eigenvalue weighted by molar-refractivity contribution is 8.17. The predicted octanol–water partition coefficient (Wildman–Crippen LogP) is 6.36. The van der Waals surface area contributed by atoms with E-state index < -0.39 is 0 Å². The van der Waals surface area contributed by atoms with Crippen molar-refractivity contribution in [3.63, 3.8) is 0 Å². The van der Waals surface area contributed by atoms with Crippen LogP contribution in [0.2, 0.25) is 0 Å². The molecule has 162 valence electrons. The van der Waals surface area contributed by atoms with E-state index in [-0.39, 0.29) is 16.4 Å². The van der Waals surface area contributed by atoms with Gasteiger partial charge in [-0.05, 0) is 58.3 Å².